The fraction of sp³-hybridized carbons (Fsp3) is 0.238. The lowest BCUT2D eigenvalue weighted by molar-refractivity contribution is -0.0219. The van der Waals surface area contributed by atoms with Gasteiger partial charge in [0.1, 0.15) is 11.5 Å². The fourth-order valence-electron chi connectivity index (χ4n) is 3.06. The zero-order chi connectivity index (χ0) is 19.2. The van der Waals surface area contributed by atoms with Crippen molar-refractivity contribution in [3.63, 3.8) is 0 Å². The maximum atomic E-state index is 12.6. The van der Waals surface area contributed by atoms with Gasteiger partial charge in [-0.3, -0.25) is 4.68 Å². The molecule has 2 aromatic carbocycles. The molecule has 1 aromatic heterocycles. The number of rotatable bonds is 5. The molecule has 28 heavy (non-hydrogen) atoms. The number of nitrogens with one attached hydrogen (secondary N) is 1. The van der Waals surface area contributed by atoms with Crippen LogP contribution in [-0.2, 0) is 11.3 Å². The van der Waals surface area contributed by atoms with Crippen LogP contribution in [0, 0.1) is 0 Å². The SMILES string of the molecule is O=C(Nc1ccc(Oc2ccccc2)cc1)N1CCO[C@H](Cn2cccn2)C1. The number of nitrogens with zero attached hydrogens (tertiary/aromatic N) is 3. The summed E-state index contributed by atoms with van der Waals surface area (Å²) in [6, 6.07) is 18.7. The Morgan fingerprint density at radius 1 is 1.11 bits per heavy atom. The average Bonchev–Trinajstić information content (AvgIpc) is 3.23. The monoisotopic (exact) mass is 378 g/mol. The number of amides is 2. The number of morpholine rings is 1. The molecule has 4 rings (SSSR count). The highest BCUT2D eigenvalue weighted by molar-refractivity contribution is 5.89. The third kappa shape index (κ3) is 4.69. The first kappa shape index (κ1) is 18.1. The van der Waals surface area contributed by atoms with Crippen molar-refractivity contribution in [2.75, 3.05) is 25.0 Å². The van der Waals surface area contributed by atoms with E-state index in [9.17, 15) is 4.79 Å². The van der Waals surface area contributed by atoms with Crippen molar-refractivity contribution in [1.29, 1.82) is 0 Å². The van der Waals surface area contributed by atoms with Crippen molar-refractivity contribution in [2.24, 2.45) is 0 Å². The van der Waals surface area contributed by atoms with Gasteiger partial charge < -0.3 is 19.7 Å². The molecule has 2 amide bonds. The molecule has 0 unspecified atom stereocenters. The summed E-state index contributed by atoms with van der Waals surface area (Å²) in [4.78, 5) is 14.4. The van der Waals surface area contributed by atoms with Crippen molar-refractivity contribution in [3.8, 4) is 11.5 Å². The summed E-state index contributed by atoms with van der Waals surface area (Å²) < 4.78 is 13.3. The highest BCUT2D eigenvalue weighted by Gasteiger charge is 2.24. The lowest BCUT2D eigenvalue weighted by Gasteiger charge is -2.32. The third-order valence-electron chi connectivity index (χ3n) is 4.46. The minimum atomic E-state index is -0.134. The molecule has 3 aromatic rings. The van der Waals surface area contributed by atoms with Crippen LogP contribution >= 0.6 is 0 Å². The van der Waals surface area contributed by atoms with Crippen LogP contribution in [0.15, 0.2) is 73.1 Å². The van der Waals surface area contributed by atoms with E-state index < -0.39 is 0 Å². The number of ether oxygens (including phenoxy) is 2. The quantitative estimate of drug-likeness (QED) is 0.736. The topological polar surface area (TPSA) is 68.6 Å². The molecule has 1 atom stereocenters. The van der Waals surface area contributed by atoms with E-state index in [1.54, 1.807) is 11.1 Å². The van der Waals surface area contributed by atoms with Crippen LogP contribution in [0.1, 0.15) is 0 Å². The van der Waals surface area contributed by atoms with Crippen LogP contribution in [0.2, 0.25) is 0 Å². The van der Waals surface area contributed by atoms with E-state index in [2.05, 4.69) is 10.4 Å². The lowest BCUT2D eigenvalue weighted by atomic mass is 10.2. The van der Waals surface area contributed by atoms with E-state index in [0.717, 1.165) is 17.2 Å². The predicted octanol–water partition coefficient (Wildman–Crippen LogP) is 3.61. The maximum absolute atomic E-state index is 12.6. The van der Waals surface area contributed by atoms with E-state index in [4.69, 9.17) is 9.47 Å². The van der Waals surface area contributed by atoms with Gasteiger partial charge in [0.15, 0.2) is 0 Å². The van der Waals surface area contributed by atoms with Crippen LogP contribution in [0.3, 0.4) is 0 Å². The molecule has 0 spiro atoms. The van der Waals surface area contributed by atoms with Gasteiger partial charge in [-0.25, -0.2) is 4.79 Å². The Morgan fingerprint density at radius 2 is 1.89 bits per heavy atom. The number of para-hydroxylation sites is 1. The van der Waals surface area contributed by atoms with Crippen molar-refractivity contribution in [3.05, 3.63) is 73.1 Å². The Morgan fingerprint density at radius 3 is 2.64 bits per heavy atom. The molecule has 2 heterocycles. The second-order valence-corrected chi connectivity index (χ2v) is 6.54. The molecule has 7 nitrogen and oxygen atoms in total. The van der Waals surface area contributed by atoms with Gasteiger partial charge >= 0.3 is 6.03 Å². The van der Waals surface area contributed by atoms with Crippen molar-refractivity contribution in [2.45, 2.75) is 12.6 Å². The number of carbonyl (C=O) groups excluding carboxylic acids is 1. The number of anilines is 1. The molecule has 1 aliphatic rings. The first-order chi connectivity index (χ1) is 13.8. The van der Waals surface area contributed by atoms with Gasteiger partial charge in [0, 0.05) is 24.6 Å². The zero-order valence-corrected chi connectivity index (χ0v) is 15.4. The maximum Gasteiger partial charge on any atom is 0.322 e. The Balaban J connectivity index is 1.31. The van der Waals surface area contributed by atoms with E-state index in [0.29, 0.717) is 26.2 Å². The van der Waals surface area contributed by atoms with Crippen molar-refractivity contribution >= 4 is 11.7 Å². The van der Waals surface area contributed by atoms with Crippen LogP contribution in [-0.4, -0.2) is 46.5 Å². The van der Waals surface area contributed by atoms with Gasteiger partial charge in [0.05, 0.1) is 25.8 Å². The molecule has 0 radical (unpaired) electrons. The highest BCUT2D eigenvalue weighted by atomic mass is 16.5. The van der Waals surface area contributed by atoms with E-state index in [-0.39, 0.29) is 12.1 Å². The first-order valence-electron chi connectivity index (χ1n) is 9.24. The summed E-state index contributed by atoms with van der Waals surface area (Å²) in [5, 5.41) is 7.13. The molecule has 0 saturated carbocycles. The Labute approximate surface area is 163 Å². The van der Waals surface area contributed by atoms with Crippen LogP contribution < -0.4 is 10.1 Å². The molecule has 1 fully saturated rings. The van der Waals surface area contributed by atoms with Crippen LogP contribution in [0.4, 0.5) is 10.5 Å². The van der Waals surface area contributed by atoms with Crippen molar-refractivity contribution in [1.82, 2.24) is 14.7 Å². The number of hydrogen-bond donors (Lipinski definition) is 1. The largest absolute Gasteiger partial charge is 0.457 e. The predicted molar refractivity (Wildman–Crippen MR) is 106 cm³/mol. The normalized spacial score (nSPS) is 16.6. The lowest BCUT2D eigenvalue weighted by Crippen LogP contribution is -2.48. The summed E-state index contributed by atoms with van der Waals surface area (Å²) in [5.41, 5.74) is 0.723. The molecule has 1 N–H and O–H groups in total. The molecule has 1 saturated heterocycles. The van der Waals surface area contributed by atoms with Crippen LogP contribution in [0.5, 0.6) is 11.5 Å². The Kier molecular flexibility index (Phi) is 5.53. The minimum absolute atomic E-state index is 0.0685. The molecule has 0 bridgehead atoms. The summed E-state index contributed by atoms with van der Waals surface area (Å²) in [6.45, 7) is 2.24. The molecule has 0 aliphatic carbocycles. The summed E-state index contributed by atoms with van der Waals surface area (Å²) in [7, 11) is 0. The number of aromatic nitrogens is 2. The highest BCUT2D eigenvalue weighted by Crippen LogP contribution is 2.23. The summed E-state index contributed by atoms with van der Waals surface area (Å²) >= 11 is 0. The molecule has 7 heteroatoms. The standard InChI is InChI=1S/C21H22N4O3/c26-21(24-13-14-27-20(15-24)16-25-12-4-11-22-25)23-17-7-9-19(10-8-17)28-18-5-2-1-3-6-18/h1-12,20H,13-16H2,(H,23,26)/t20-/m0/s1. The fourth-order valence-corrected chi connectivity index (χ4v) is 3.06. The summed E-state index contributed by atoms with van der Waals surface area (Å²) in [6.07, 6.45) is 3.56. The van der Waals surface area contributed by atoms with Gasteiger partial charge in [-0.15, -0.1) is 0 Å². The Hall–Kier alpha value is -3.32. The second kappa shape index (κ2) is 8.58. The third-order valence-corrected chi connectivity index (χ3v) is 4.46. The average molecular weight is 378 g/mol. The number of benzene rings is 2. The first-order valence-corrected chi connectivity index (χ1v) is 9.24. The van der Waals surface area contributed by atoms with E-state index in [1.807, 2.05) is 71.5 Å². The van der Waals surface area contributed by atoms with E-state index >= 15 is 0 Å². The number of carbonyl (C=O) groups is 1. The zero-order valence-electron chi connectivity index (χ0n) is 15.4. The van der Waals surface area contributed by atoms with Crippen molar-refractivity contribution < 1.29 is 14.3 Å². The number of urea groups is 1. The molecular formula is C21H22N4O3. The van der Waals surface area contributed by atoms with Gasteiger partial charge in [-0.05, 0) is 42.5 Å². The molecular weight excluding hydrogens is 356 g/mol. The van der Waals surface area contributed by atoms with E-state index in [1.165, 1.54) is 0 Å². The van der Waals surface area contributed by atoms with Gasteiger partial charge in [-0.2, -0.15) is 5.10 Å². The van der Waals surface area contributed by atoms with Gasteiger partial charge in [0.2, 0.25) is 0 Å². The molecule has 144 valence electrons. The number of hydrogen-bond acceptors (Lipinski definition) is 4. The van der Waals surface area contributed by atoms with Crippen LogP contribution in [0.25, 0.3) is 0 Å². The second-order valence-electron chi connectivity index (χ2n) is 6.54. The van der Waals surface area contributed by atoms with Gasteiger partial charge in [0.25, 0.3) is 0 Å². The minimum Gasteiger partial charge on any atom is -0.457 e. The summed E-state index contributed by atoms with van der Waals surface area (Å²) in [5.74, 6) is 1.49. The van der Waals surface area contributed by atoms with Gasteiger partial charge in [-0.1, -0.05) is 18.2 Å². The molecule has 1 aliphatic heterocycles. The smallest absolute Gasteiger partial charge is 0.322 e. The Bertz CT molecular complexity index is 882.